The molecule has 2 aromatic carbocycles. The first kappa shape index (κ1) is 32.3. The summed E-state index contributed by atoms with van der Waals surface area (Å²) >= 11 is 0. The van der Waals surface area contributed by atoms with Crippen LogP contribution in [-0.2, 0) is 20.7 Å². The van der Waals surface area contributed by atoms with Gasteiger partial charge in [-0.3, -0.25) is 14.7 Å². The highest BCUT2D eigenvalue weighted by Gasteiger charge is 2.49. The summed E-state index contributed by atoms with van der Waals surface area (Å²) < 4.78 is 68.6. The van der Waals surface area contributed by atoms with Gasteiger partial charge in [-0.25, -0.2) is 13.2 Å². The van der Waals surface area contributed by atoms with Crippen molar-refractivity contribution in [3.05, 3.63) is 47.7 Å². The smallest absolute Gasteiger partial charge is 0.319 e. The molecule has 7 rings (SSSR count). The van der Waals surface area contributed by atoms with Crippen molar-refractivity contribution in [2.75, 3.05) is 58.7 Å². The van der Waals surface area contributed by atoms with Gasteiger partial charge in [-0.05, 0) is 66.8 Å². The Bertz CT molecular complexity index is 1880. The van der Waals surface area contributed by atoms with Crippen LogP contribution in [0.5, 0.6) is 11.8 Å². The van der Waals surface area contributed by atoms with Gasteiger partial charge in [0, 0.05) is 44.9 Å². The summed E-state index contributed by atoms with van der Waals surface area (Å²) in [5.74, 6) is -1.09. The number of hydrogen-bond acceptors (Lipinski definition) is 10. The summed E-state index contributed by atoms with van der Waals surface area (Å²) in [5, 5.41) is 1.50. The van der Waals surface area contributed by atoms with E-state index >= 15 is 8.78 Å². The monoisotopic (exact) mass is 665 g/mol. The summed E-state index contributed by atoms with van der Waals surface area (Å²) in [5.41, 5.74) is 0.207. The van der Waals surface area contributed by atoms with Gasteiger partial charge in [0.25, 0.3) is 0 Å². The number of nitrogens with zero attached hydrogens (tertiary/aromatic N) is 5. The molecule has 3 aliphatic heterocycles. The van der Waals surface area contributed by atoms with E-state index in [0.29, 0.717) is 77.7 Å². The topological polar surface area (TPSA) is 99.1 Å². The molecular weight excluding hydrogens is 627 g/mol. The molecule has 0 amide bonds. The molecule has 3 atom stereocenters. The molecule has 0 N–H and O–H groups in total. The number of alkyl halides is 1. The molecule has 0 aliphatic carbocycles. The number of benzene rings is 2. The molecule has 0 bridgehead atoms. The minimum Gasteiger partial charge on any atom is -0.469 e. The molecule has 0 saturated carbocycles. The van der Waals surface area contributed by atoms with E-state index in [9.17, 15) is 9.18 Å². The van der Waals surface area contributed by atoms with Gasteiger partial charge in [-0.15, -0.1) is 0 Å². The lowest BCUT2D eigenvalue weighted by Gasteiger charge is -2.31. The summed E-state index contributed by atoms with van der Waals surface area (Å²) in [7, 11) is 2.84. The van der Waals surface area contributed by atoms with Crippen molar-refractivity contribution in [2.24, 2.45) is 5.92 Å². The molecule has 4 aromatic rings. The average molecular weight is 666 g/mol. The fraction of sp³-hybridized carbons (Fsp3) is 0.486. The summed E-state index contributed by atoms with van der Waals surface area (Å²) in [6, 6.07) is 6.33. The fourth-order valence-corrected chi connectivity index (χ4v) is 7.71. The van der Waals surface area contributed by atoms with Crippen LogP contribution in [0, 0.1) is 17.6 Å². The third kappa shape index (κ3) is 5.66. The van der Waals surface area contributed by atoms with Crippen LogP contribution in [0.15, 0.2) is 30.5 Å². The number of pyridine rings is 1. The van der Waals surface area contributed by atoms with Gasteiger partial charge in [0.15, 0.2) is 12.6 Å². The van der Waals surface area contributed by atoms with E-state index in [1.54, 1.807) is 18.2 Å². The number of fused-ring (bicyclic) bond motifs is 3. The van der Waals surface area contributed by atoms with Gasteiger partial charge in [-0.2, -0.15) is 9.97 Å². The number of methoxy groups -OCH3 is 2. The molecule has 0 radical (unpaired) electrons. The molecule has 3 saturated heterocycles. The zero-order valence-electron chi connectivity index (χ0n) is 27.2. The highest BCUT2D eigenvalue weighted by atomic mass is 19.1. The number of carbonyl (C=O) groups is 1. The van der Waals surface area contributed by atoms with E-state index in [4.69, 9.17) is 23.9 Å². The van der Waals surface area contributed by atoms with Crippen molar-refractivity contribution < 1.29 is 36.9 Å². The zero-order chi connectivity index (χ0) is 33.6. The number of anilines is 1. The van der Waals surface area contributed by atoms with Gasteiger partial charge in [0.1, 0.15) is 41.4 Å². The van der Waals surface area contributed by atoms with Gasteiger partial charge >= 0.3 is 12.0 Å². The first-order chi connectivity index (χ1) is 23.2. The van der Waals surface area contributed by atoms with Crippen molar-refractivity contribution in [1.82, 2.24) is 19.9 Å². The third-order valence-corrected chi connectivity index (χ3v) is 9.99. The molecule has 3 fully saturated rings. The number of aromatic nitrogens is 3. The molecular formula is C35H38F3N5O5. The Labute approximate surface area is 276 Å². The lowest BCUT2D eigenvalue weighted by Crippen LogP contribution is -2.43. The SMILES string of the molecule is CCc1c(F)ccc2cc(OCOC)cc(-c3ncc4c(N5CCC(C(=O)OC)C5)nc(OC[C@@]56CCCN5C[C@H](F)C6)nc4c3F)c12. The maximum absolute atomic E-state index is 17.0. The molecule has 48 heavy (non-hydrogen) atoms. The van der Waals surface area contributed by atoms with E-state index in [1.165, 1.54) is 26.5 Å². The number of ether oxygens (including phenoxy) is 4. The zero-order valence-corrected chi connectivity index (χ0v) is 27.2. The quantitative estimate of drug-likeness (QED) is 0.157. The molecule has 0 spiro atoms. The number of halogens is 3. The fourth-order valence-electron chi connectivity index (χ4n) is 7.71. The molecule has 5 heterocycles. The van der Waals surface area contributed by atoms with Crippen LogP contribution in [-0.4, -0.2) is 91.3 Å². The second kappa shape index (κ2) is 13.0. The van der Waals surface area contributed by atoms with Gasteiger partial charge in [0.2, 0.25) is 0 Å². The van der Waals surface area contributed by atoms with Crippen molar-refractivity contribution in [1.29, 1.82) is 0 Å². The molecule has 1 unspecified atom stereocenters. The normalized spacial score (nSPS) is 22.5. The Morgan fingerprint density at radius 1 is 1.10 bits per heavy atom. The molecule has 2 aromatic heterocycles. The van der Waals surface area contributed by atoms with Gasteiger partial charge in [0.05, 0.1) is 24.0 Å². The van der Waals surface area contributed by atoms with Crippen LogP contribution in [0.2, 0.25) is 0 Å². The van der Waals surface area contributed by atoms with Crippen molar-refractivity contribution in [3.8, 4) is 23.0 Å². The minimum atomic E-state index is -0.941. The average Bonchev–Trinajstić information content (AvgIpc) is 3.81. The largest absolute Gasteiger partial charge is 0.469 e. The van der Waals surface area contributed by atoms with Crippen molar-refractivity contribution in [2.45, 2.75) is 50.7 Å². The molecule has 10 nitrogen and oxygen atoms in total. The van der Waals surface area contributed by atoms with E-state index in [1.807, 2.05) is 11.8 Å². The lowest BCUT2D eigenvalue weighted by atomic mass is 9.94. The summed E-state index contributed by atoms with van der Waals surface area (Å²) in [6.45, 7) is 3.89. The number of carbonyl (C=O) groups excluding carboxylic acids is 1. The lowest BCUT2D eigenvalue weighted by molar-refractivity contribution is -0.144. The van der Waals surface area contributed by atoms with Crippen LogP contribution in [0.1, 0.15) is 38.2 Å². The van der Waals surface area contributed by atoms with E-state index < -0.39 is 23.3 Å². The molecule has 3 aliphatic rings. The molecule has 254 valence electrons. The predicted octanol–water partition coefficient (Wildman–Crippen LogP) is 5.62. The Hall–Kier alpha value is -4.23. The van der Waals surface area contributed by atoms with Crippen LogP contribution < -0.4 is 14.4 Å². The Balaban J connectivity index is 1.37. The minimum absolute atomic E-state index is 0.0390. The van der Waals surface area contributed by atoms with Crippen LogP contribution in [0.25, 0.3) is 32.9 Å². The van der Waals surface area contributed by atoms with E-state index in [0.717, 1.165) is 19.4 Å². The Morgan fingerprint density at radius 2 is 1.96 bits per heavy atom. The summed E-state index contributed by atoms with van der Waals surface area (Å²) in [4.78, 5) is 30.2. The predicted molar refractivity (Wildman–Crippen MR) is 173 cm³/mol. The van der Waals surface area contributed by atoms with Crippen molar-refractivity contribution >= 4 is 33.5 Å². The standard InChI is InChI=1S/C35H38F3N5O5/c1-4-24-27(37)7-6-20-12-23(48-19-45-2)13-25(28(20)24)30-29(38)31-26(15-39-30)32(42-11-8-21(16-42)33(44)46-3)41-34(40-31)47-18-35-9-5-10-43(35)17-22(36)14-35/h6-7,12-13,15,21-22H,4-5,8-11,14,16-19H2,1-3H3/t21?,22-,35+/m1/s1. The van der Waals surface area contributed by atoms with Gasteiger partial charge in [-0.1, -0.05) is 13.0 Å². The third-order valence-electron chi connectivity index (χ3n) is 9.99. The highest BCUT2D eigenvalue weighted by Crippen LogP contribution is 2.42. The maximum Gasteiger partial charge on any atom is 0.319 e. The van der Waals surface area contributed by atoms with Gasteiger partial charge < -0.3 is 23.8 Å². The number of hydrogen-bond donors (Lipinski definition) is 0. The Kier molecular flexibility index (Phi) is 8.75. The second-order valence-electron chi connectivity index (χ2n) is 12.8. The van der Waals surface area contributed by atoms with Crippen LogP contribution in [0.3, 0.4) is 0 Å². The first-order valence-electron chi connectivity index (χ1n) is 16.3. The highest BCUT2D eigenvalue weighted by molar-refractivity contribution is 6.02. The first-order valence-corrected chi connectivity index (χ1v) is 16.3. The number of rotatable bonds is 10. The Morgan fingerprint density at radius 3 is 2.75 bits per heavy atom. The van der Waals surface area contributed by atoms with E-state index in [-0.39, 0.29) is 42.5 Å². The second-order valence-corrected chi connectivity index (χ2v) is 12.8. The maximum atomic E-state index is 17.0. The number of aryl methyl sites for hydroxylation is 1. The molecule has 13 heteroatoms. The summed E-state index contributed by atoms with van der Waals surface area (Å²) in [6.07, 6.45) is 3.53. The van der Waals surface area contributed by atoms with Crippen LogP contribution in [0.4, 0.5) is 19.0 Å². The number of esters is 1. The van der Waals surface area contributed by atoms with Crippen LogP contribution >= 0.6 is 0 Å². The van der Waals surface area contributed by atoms with E-state index in [2.05, 4.69) is 14.9 Å². The van der Waals surface area contributed by atoms with Crippen molar-refractivity contribution in [3.63, 3.8) is 0 Å².